The zero-order chi connectivity index (χ0) is 14.7. The molecule has 1 amide bonds. The Bertz CT molecular complexity index is 479. The fourth-order valence-corrected chi connectivity index (χ4v) is 3.04. The van der Waals surface area contributed by atoms with Crippen molar-refractivity contribution >= 4 is 29.9 Å². The summed E-state index contributed by atoms with van der Waals surface area (Å²) in [6.45, 7) is 8.73. The summed E-state index contributed by atoms with van der Waals surface area (Å²) < 4.78 is 0. The number of nitrogens with zero attached hydrogens (tertiary/aromatic N) is 1. The number of piperazine rings is 1. The van der Waals surface area contributed by atoms with Gasteiger partial charge in [0, 0.05) is 30.7 Å². The molecule has 21 heavy (non-hydrogen) atoms. The van der Waals surface area contributed by atoms with E-state index in [1.807, 2.05) is 29.2 Å². The van der Waals surface area contributed by atoms with Crippen LogP contribution >= 0.6 is 24.0 Å². The van der Waals surface area contributed by atoms with E-state index in [9.17, 15) is 4.79 Å². The Kier molecular flexibility index (Phi) is 6.98. The molecule has 1 aliphatic heterocycles. The van der Waals surface area contributed by atoms with Gasteiger partial charge in [0.1, 0.15) is 0 Å². The first-order valence-corrected chi connectivity index (χ1v) is 7.64. The third kappa shape index (κ3) is 4.60. The lowest BCUT2D eigenvalue weighted by molar-refractivity contribution is -0.135. The lowest BCUT2D eigenvalue weighted by Gasteiger charge is -2.35. The molecule has 2 rings (SSSR count). The fourth-order valence-electron chi connectivity index (χ4n) is 2.84. The molecule has 0 spiro atoms. The second-order valence-corrected chi connectivity index (χ2v) is 6.35. The molecule has 1 aliphatic rings. The summed E-state index contributed by atoms with van der Waals surface area (Å²) in [5.74, 6) is 0.362. The van der Waals surface area contributed by atoms with E-state index < -0.39 is 0 Å². The molecule has 1 saturated heterocycles. The van der Waals surface area contributed by atoms with E-state index >= 15 is 0 Å². The average Bonchev–Trinajstić information content (AvgIpc) is 2.38. The van der Waals surface area contributed by atoms with E-state index in [2.05, 4.69) is 26.1 Å². The lowest BCUT2D eigenvalue weighted by atomic mass is 9.87. The summed E-state index contributed by atoms with van der Waals surface area (Å²) in [4.78, 5) is 14.8. The number of hydrogen-bond acceptors (Lipinski definition) is 2. The number of carbonyl (C=O) groups is 1. The Balaban J connectivity index is 0.00000220. The summed E-state index contributed by atoms with van der Waals surface area (Å²) in [5.41, 5.74) is 1.02. The van der Waals surface area contributed by atoms with Crippen LogP contribution in [0, 0.1) is 5.92 Å². The normalized spacial score (nSPS) is 20.0. The molecular weight excluding hydrogens is 307 g/mol. The first kappa shape index (κ1) is 18.3. The summed E-state index contributed by atoms with van der Waals surface area (Å²) in [6.07, 6.45) is 0. The second kappa shape index (κ2) is 8.02. The molecular formula is C16H24Cl2N2O. The third-order valence-electron chi connectivity index (χ3n) is 3.82. The molecule has 0 aromatic heterocycles. The van der Waals surface area contributed by atoms with Crippen LogP contribution in [0.1, 0.15) is 32.3 Å². The Morgan fingerprint density at radius 1 is 1.43 bits per heavy atom. The van der Waals surface area contributed by atoms with Gasteiger partial charge in [-0.2, -0.15) is 0 Å². The molecule has 1 aromatic carbocycles. The van der Waals surface area contributed by atoms with Gasteiger partial charge in [-0.3, -0.25) is 4.79 Å². The van der Waals surface area contributed by atoms with Crippen molar-refractivity contribution in [1.29, 1.82) is 0 Å². The molecule has 1 N–H and O–H groups in total. The number of amides is 1. The maximum atomic E-state index is 12.9. The van der Waals surface area contributed by atoms with Crippen LogP contribution in [-0.2, 0) is 4.79 Å². The maximum absolute atomic E-state index is 12.9. The van der Waals surface area contributed by atoms with E-state index in [-0.39, 0.29) is 30.2 Å². The van der Waals surface area contributed by atoms with Gasteiger partial charge >= 0.3 is 0 Å². The summed E-state index contributed by atoms with van der Waals surface area (Å²) in [5, 5.41) is 4.06. The van der Waals surface area contributed by atoms with Crippen molar-refractivity contribution in [2.75, 3.05) is 19.6 Å². The van der Waals surface area contributed by atoms with Crippen LogP contribution in [-0.4, -0.2) is 36.5 Å². The Hall–Kier alpha value is -0.770. The van der Waals surface area contributed by atoms with Crippen LogP contribution in [0.5, 0.6) is 0 Å². The highest BCUT2D eigenvalue weighted by molar-refractivity contribution is 6.30. The molecule has 118 valence electrons. The van der Waals surface area contributed by atoms with E-state index in [1.165, 1.54) is 0 Å². The third-order valence-corrected chi connectivity index (χ3v) is 4.06. The highest BCUT2D eigenvalue weighted by Crippen LogP contribution is 2.29. The van der Waals surface area contributed by atoms with Gasteiger partial charge < -0.3 is 10.2 Å². The van der Waals surface area contributed by atoms with Crippen LogP contribution in [0.15, 0.2) is 24.3 Å². The molecule has 0 saturated carbocycles. The molecule has 2 unspecified atom stereocenters. The van der Waals surface area contributed by atoms with Gasteiger partial charge in [-0.25, -0.2) is 0 Å². The zero-order valence-electron chi connectivity index (χ0n) is 12.8. The van der Waals surface area contributed by atoms with Crippen molar-refractivity contribution in [1.82, 2.24) is 10.2 Å². The molecule has 5 heteroatoms. The Morgan fingerprint density at radius 2 is 2.14 bits per heavy atom. The first-order chi connectivity index (χ1) is 9.49. The number of nitrogens with one attached hydrogen (secondary N) is 1. The molecule has 0 radical (unpaired) electrons. The van der Waals surface area contributed by atoms with Gasteiger partial charge in [0.15, 0.2) is 0 Å². The van der Waals surface area contributed by atoms with Crippen LogP contribution in [0.25, 0.3) is 0 Å². The molecule has 0 bridgehead atoms. The van der Waals surface area contributed by atoms with E-state index in [4.69, 9.17) is 11.6 Å². The van der Waals surface area contributed by atoms with Crippen LogP contribution in [0.4, 0.5) is 0 Å². The van der Waals surface area contributed by atoms with Gasteiger partial charge in [0.2, 0.25) is 5.91 Å². The van der Waals surface area contributed by atoms with Gasteiger partial charge in [-0.15, -0.1) is 12.4 Å². The predicted molar refractivity (Wildman–Crippen MR) is 90.3 cm³/mol. The van der Waals surface area contributed by atoms with Crippen LogP contribution in [0.2, 0.25) is 5.02 Å². The Morgan fingerprint density at radius 3 is 2.71 bits per heavy atom. The number of halogens is 2. The van der Waals surface area contributed by atoms with Crippen molar-refractivity contribution in [3.63, 3.8) is 0 Å². The summed E-state index contributed by atoms with van der Waals surface area (Å²) in [7, 11) is 0. The standard InChI is InChI=1S/C16H23ClN2O.ClH/c1-11(2)15(13-5-4-6-14(17)9-13)16(20)19-8-7-18-12(3)10-19;/h4-6,9,11-12,15,18H,7-8,10H2,1-3H3;1H. The number of benzene rings is 1. The smallest absolute Gasteiger partial charge is 0.230 e. The first-order valence-electron chi connectivity index (χ1n) is 7.26. The second-order valence-electron chi connectivity index (χ2n) is 5.92. The minimum absolute atomic E-state index is 0. The number of carbonyl (C=O) groups excluding carboxylic acids is 1. The van der Waals surface area contributed by atoms with Crippen LogP contribution in [0.3, 0.4) is 0 Å². The van der Waals surface area contributed by atoms with Crippen molar-refractivity contribution in [3.8, 4) is 0 Å². The summed E-state index contributed by atoms with van der Waals surface area (Å²) >= 11 is 6.07. The highest BCUT2D eigenvalue weighted by Gasteiger charge is 2.30. The van der Waals surface area contributed by atoms with Crippen LogP contribution < -0.4 is 5.32 Å². The molecule has 0 aliphatic carbocycles. The minimum atomic E-state index is -0.112. The molecule has 2 atom stereocenters. The topological polar surface area (TPSA) is 32.3 Å². The van der Waals surface area contributed by atoms with E-state index in [0.717, 1.165) is 25.2 Å². The van der Waals surface area contributed by atoms with Crippen molar-refractivity contribution in [2.45, 2.75) is 32.7 Å². The van der Waals surface area contributed by atoms with Gasteiger partial charge in [0.25, 0.3) is 0 Å². The van der Waals surface area contributed by atoms with Gasteiger partial charge in [0.05, 0.1) is 5.92 Å². The summed E-state index contributed by atoms with van der Waals surface area (Å²) in [6, 6.07) is 8.04. The zero-order valence-corrected chi connectivity index (χ0v) is 14.4. The largest absolute Gasteiger partial charge is 0.339 e. The number of hydrogen-bond donors (Lipinski definition) is 1. The molecule has 3 nitrogen and oxygen atoms in total. The highest BCUT2D eigenvalue weighted by atomic mass is 35.5. The fraction of sp³-hybridized carbons (Fsp3) is 0.562. The molecule has 1 aromatic rings. The monoisotopic (exact) mass is 330 g/mol. The minimum Gasteiger partial charge on any atom is -0.339 e. The van der Waals surface area contributed by atoms with Crippen molar-refractivity contribution in [3.05, 3.63) is 34.9 Å². The molecule has 1 heterocycles. The van der Waals surface area contributed by atoms with E-state index in [1.54, 1.807) is 0 Å². The lowest BCUT2D eigenvalue weighted by Crippen LogP contribution is -2.52. The predicted octanol–water partition coefficient (Wildman–Crippen LogP) is 3.32. The van der Waals surface area contributed by atoms with Gasteiger partial charge in [-0.05, 0) is 30.5 Å². The Labute approximate surface area is 138 Å². The van der Waals surface area contributed by atoms with E-state index in [0.29, 0.717) is 11.1 Å². The van der Waals surface area contributed by atoms with Gasteiger partial charge in [-0.1, -0.05) is 37.6 Å². The average molecular weight is 331 g/mol. The van der Waals surface area contributed by atoms with Crippen molar-refractivity contribution < 1.29 is 4.79 Å². The quantitative estimate of drug-likeness (QED) is 0.921. The molecule has 1 fully saturated rings. The maximum Gasteiger partial charge on any atom is 0.230 e. The number of rotatable bonds is 3. The SMILES string of the molecule is CC1CN(C(=O)C(c2cccc(Cl)c2)C(C)C)CCN1.Cl. The van der Waals surface area contributed by atoms with Crippen molar-refractivity contribution in [2.24, 2.45) is 5.92 Å².